The number of carbonyl (C=O) groups is 2. The molecule has 0 fully saturated rings. The lowest BCUT2D eigenvalue weighted by Gasteiger charge is -2.30. The smallest absolute Gasteiger partial charge is 0.337 e. The summed E-state index contributed by atoms with van der Waals surface area (Å²) in [5.41, 5.74) is 2.30. The summed E-state index contributed by atoms with van der Waals surface area (Å²) in [5.74, 6) is -0.375. The van der Waals surface area contributed by atoms with Crippen molar-refractivity contribution in [2.75, 3.05) is 26.5 Å². The van der Waals surface area contributed by atoms with Gasteiger partial charge in [0.05, 0.1) is 18.2 Å². The number of nitrogens with zero attached hydrogens (tertiary/aromatic N) is 1. The first kappa shape index (κ1) is 20.3. The predicted molar refractivity (Wildman–Crippen MR) is 104 cm³/mol. The standard InChI is InChI=1S/C19H27N3O3S/c1-5-15-17(18(23)25-6-2)16(21-19(24)20-15)12-22(3)11-13-7-9-14(26-4)10-8-13/h7-10,15H,5-6,11-12H2,1-4H3,(H2,20,21,24)/t15-/m0/s1. The maximum Gasteiger partial charge on any atom is 0.337 e. The van der Waals surface area contributed by atoms with E-state index < -0.39 is 0 Å². The van der Waals surface area contributed by atoms with Gasteiger partial charge in [-0.2, -0.15) is 0 Å². The molecule has 0 aliphatic carbocycles. The molecule has 26 heavy (non-hydrogen) atoms. The third-order valence-electron chi connectivity index (χ3n) is 4.19. The molecule has 1 aromatic rings. The van der Waals surface area contributed by atoms with Gasteiger partial charge in [-0.25, -0.2) is 9.59 Å². The predicted octanol–water partition coefficient (Wildman–Crippen LogP) is 2.75. The molecule has 0 aromatic heterocycles. The molecule has 0 unspecified atom stereocenters. The molecule has 0 spiro atoms. The Labute approximate surface area is 159 Å². The zero-order chi connectivity index (χ0) is 19.1. The lowest BCUT2D eigenvalue weighted by molar-refractivity contribution is -0.139. The zero-order valence-electron chi connectivity index (χ0n) is 15.8. The van der Waals surface area contributed by atoms with Gasteiger partial charge in [-0.15, -0.1) is 11.8 Å². The number of likely N-dealkylation sites (N-methyl/N-ethyl adjacent to an activating group) is 1. The fourth-order valence-corrected chi connectivity index (χ4v) is 3.36. The lowest BCUT2D eigenvalue weighted by Crippen LogP contribution is -2.51. The van der Waals surface area contributed by atoms with Crippen molar-refractivity contribution < 1.29 is 14.3 Å². The van der Waals surface area contributed by atoms with E-state index in [0.717, 1.165) is 0 Å². The summed E-state index contributed by atoms with van der Waals surface area (Å²) in [6.45, 7) is 5.19. The second kappa shape index (κ2) is 9.64. The van der Waals surface area contributed by atoms with Crippen molar-refractivity contribution in [3.8, 4) is 0 Å². The normalized spacial score (nSPS) is 17.1. The highest BCUT2D eigenvalue weighted by atomic mass is 32.2. The summed E-state index contributed by atoms with van der Waals surface area (Å²) < 4.78 is 5.20. The lowest BCUT2D eigenvalue weighted by atomic mass is 10.00. The second-order valence-electron chi connectivity index (χ2n) is 6.19. The molecular weight excluding hydrogens is 350 g/mol. The molecule has 0 saturated heterocycles. The van der Waals surface area contributed by atoms with Crippen molar-refractivity contribution in [2.24, 2.45) is 0 Å². The number of rotatable bonds is 8. The third-order valence-corrected chi connectivity index (χ3v) is 4.93. The largest absolute Gasteiger partial charge is 0.463 e. The van der Waals surface area contributed by atoms with Crippen LogP contribution in [0, 0.1) is 0 Å². The van der Waals surface area contributed by atoms with E-state index in [4.69, 9.17) is 4.74 Å². The molecule has 6 nitrogen and oxygen atoms in total. The van der Waals surface area contributed by atoms with Crippen LogP contribution in [0.1, 0.15) is 25.8 Å². The van der Waals surface area contributed by atoms with Gasteiger partial charge in [-0.05, 0) is 44.3 Å². The summed E-state index contributed by atoms with van der Waals surface area (Å²) in [7, 11) is 1.97. The quantitative estimate of drug-likeness (QED) is 0.538. The average Bonchev–Trinajstić information content (AvgIpc) is 2.61. The van der Waals surface area contributed by atoms with Crippen LogP contribution in [0.5, 0.6) is 0 Å². The zero-order valence-corrected chi connectivity index (χ0v) is 16.6. The highest BCUT2D eigenvalue weighted by Crippen LogP contribution is 2.19. The van der Waals surface area contributed by atoms with Crippen molar-refractivity contribution in [1.29, 1.82) is 0 Å². The minimum Gasteiger partial charge on any atom is -0.463 e. The molecular formula is C19H27N3O3S. The fourth-order valence-electron chi connectivity index (χ4n) is 2.95. The Hall–Kier alpha value is -1.99. The van der Waals surface area contributed by atoms with Gasteiger partial charge in [0.25, 0.3) is 0 Å². The molecule has 0 bridgehead atoms. The number of nitrogens with one attached hydrogen (secondary N) is 2. The van der Waals surface area contributed by atoms with Crippen molar-refractivity contribution in [1.82, 2.24) is 15.5 Å². The molecule has 7 heteroatoms. The maximum atomic E-state index is 12.4. The van der Waals surface area contributed by atoms with Gasteiger partial charge in [-0.3, -0.25) is 4.90 Å². The first-order valence-electron chi connectivity index (χ1n) is 8.77. The Balaban J connectivity index is 2.17. The Bertz CT molecular complexity index is 673. The molecule has 2 amide bonds. The van der Waals surface area contributed by atoms with E-state index in [1.54, 1.807) is 18.7 Å². The summed E-state index contributed by atoms with van der Waals surface area (Å²) >= 11 is 1.71. The van der Waals surface area contributed by atoms with Gasteiger partial charge in [0.1, 0.15) is 0 Å². The van der Waals surface area contributed by atoms with Crippen LogP contribution in [0.15, 0.2) is 40.4 Å². The molecule has 1 heterocycles. The Kier molecular flexibility index (Phi) is 7.53. The molecule has 1 atom stereocenters. The van der Waals surface area contributed by atoms with Crippen LogP contribution in [0.2, 0.25) is 0 Å². The van der Waals surface area contributed by atoms with Crippen LogP contribution in [-0.4, -0.2) is 49.4 Å². The summed E-state index contributed by atoms with van der Waals surface area (Å²) in [5, 5.41) is 5.58. The molecule has 0 saturated carbocycles. The van der Waals surface area contributed by atoms with Crippen molar-refractivity contribution in [3.05, 3.63) is 41.1 Å². The SMILES string of the molecule is CCOC(=O)C1=C(CN(C)Cc2ccc(SC)cc2)NC(=O)N[C@H]1CC. The van der Waals surface area contributed by atoms with Crippen LogP contribution in [0.3, 0.4) is 0 Å². The van der Waals surface area contributed by atoms with E-state index in [0.29, 0.717) is 37.4 Å². The van der Waals surface area contributed by atoms with Crippen LogP contribution in [0.25, 0.3) is 0 Å². The summed E-state index contributed by atoms with van der Waals surface area (Å²) in [4.78, 5) is 27.6. The molecule has 1 aliphatic rings. The third kappa shape index (κ3) is 5.25. The number of thioether (sulfide) groups is 1. The highest BCUT2D eigenvalue weighted by Gasteiger charge is 2.31. The number of hydrogen-bond acceptors (Lipinski definition) is 5. The van der Waals surface area contributed by atoms with Gasteiger partial charge in [0.15, 0.2) is 0 Å². The number of ether oxygens (including phenoxy) is 1. The van der Waals surface area contributed by atoms with E-state index in [1.165, 1.54) is 10.5 Å². The van der Waals surface area contributed by atoms with Gasteiger partial charge in [0.2, 0.25) is 0 Å². The Morgan fingerprint density at radius 3 is 2.50 bits per heavy atom. The number of hydrogen-bond donors (Lipinski definition) is 2. The number of benzene rings is 1. The van der Waals surface area contributed by atoms with Crippen molar-refractivity contribution in [3.63, 3.8) is 0 Å². The monoisotopic (exact) mass is 377 g/mol. The average molecular weight is 378 g/mol. The maximum absolute atomic E-state index is 12.4. The van der Waals surface area contributed by atoms with E-state index in [2.05, 4.69) is 46.1 Å². The van der Waals surface area contributed by atoms with Gasteiger partial charge in [-0.1, -0.05) is 19.1 Å². The summed E-state index contributed by atoms with van der Waals surface area (Å²) in [6.07, 6.45) is 2.68. The van der Waals surface area contributed by atoms with Crippen LogP contribution in [-0.2, 0) is 16.1 Å². The van der Waals surface area contributed by atoms with E-state index in [-0.39, 0.29) is 18.0 Å². The first-order chi connectivity index (χ1) is 12.5. The first-order valence-corrected chi connectivity index (χ1v) is 10.00. The Morgan fingerprint density at radius 2 is 1.92 bits per heavy atom. The molecule has 0 radical (unpaired) electrons. The van der Waals surface area contributed by atoms with E-state index >= 15 is 0 Å². The molecule has 1 aromatic carbocycles. The van der Waals surface area contributed by atoms with Crippen LogP contribution >= 0.6 is 11.8 Å². The topological polar surface area (TPSA) is 70.7 Å². The number of urea groups is 1. The number of amides is 2. The fraction of sp³-hybridized carbons (Fsp3) is 0.474. The molecule has 142 valence electrons. The molecule has 2 rings (SSSR count). The number of carbonyl (C=O) groups excluding carboxylic acids is 2. The van der Waals surface area contributed by atoms with E-state index in [1.807, 2.05) is 14.0 Å². The van der Waals surface area contributed by atoms with Crippen LogP contribution < -0.4 is 10.6 Å². The van der Waals surface area contributed by atoms with Crippen molar-refractivity contribution >= 4 is 23.8 Å². The number of esters is 1. The van der Waals surface area contributed by atoms with Gasteiger partial charge in [0, 0.05) is 23.7 Å². The Morgan fingerprint density at radius 1 is 1.23 bits per heavy atom. The molecule has 2 N–H and O–H groups in total. The van der Waals surface area contributed by atoms with Crippen molar-refractivity contribution in [2.45, 2.75) is 37.8 Å². The minimum absolute atomic E-state index is 0.280. The van der Waals surface area contributed by atoms with Gasteiger partial charge < -0.3 is 15.4 Å². The minimum atomic E-state index is -0.375. The highest BCUT2D eigenvalue weighted by molar-refractivity contribution is 7.98. The van der Waals surface area contributed by atoms with E-state index in [9.17, 15) is 9.59 Å². The van der Waals surface area contributed by atoms with Gasteiger partial charge >= 0.3 is 12.0 Å². The van der Waals surface area contributed by atoms with Crippen LogP contribution in [0.4, 0.5) is 4.79 Å². The molecule has 1 aliphatic heterocycles. The summed E-state index contributed by atoms with van der Waals surface area (Å²) in [6, 6.07) is 7.77. The second-order valence-corrected chi connectivity index (χ2v) is 7.07.